The second-order valence-corrected chi connectivity index (χ2v) is 4.78. The van der Waals surface area contributed by atoms with Gasteiger partial charge in [-0.25, -0.2) is 0 Å². The summed E-state index contributed by atoms with van der Waals surface area (Å²) in [5, 5.41) is 0.752. The van der Waals surface area contributed by atoms with Gasteiger partial charge in [0.25, 0.3) is 0 Å². The molecule has 0 saturated heterocycles. The number of carbonyl (C=O) groups excluding carboxylic acids is 1. The van der Waals surface area contributed by atoms with Crippen LogP contribution in [0.1, 0.15) is 21.6 Å². The summed E-state index contributed by atoms with van der Waals surface area (Å²) in [5.41, 5.74) is 2.10. The number of pyridine rings is 1. The SMILES string of the molecule is Cc1cccnc1CC(=O)c1c(Cl)cccc1Cl. The number of Topliss-reactive ketones (excluding diaryl/α,β-unsaturated/α-hetero) is 1. The average molecular weight is 280 g/mol. The lowest BCUT2D eigenvalue weighted by molar-refractivity contribution is 0.0992. The number of carbonyl (C=O) groups is 1. The van der Waals surface area contributed by atoms with Crippen LogP contribution in [0.5, 0.6) is 0 Å². The molecule has 0 aliphatic heterocycles. The number of benzene rings is 1. The van der Waals surface area contributed by atoms with Gasteiger partial charge in [0.05, 0.1) is 27.7 Å². The maximum absolute atomic E-state index is 12.2. The van der Waals surface area contributed by atoms with E-state index in [4.69, 9.17) is 23.2 Å². The van der Waals surface area contributed by atoms with Crippen molar-refractivity contribution in [2.45, 2.75) is 13.3 Å². The van der Waals surface area contributed by atoms with Gasteiger partial charge >= 0.3 is 0 Å². The van der Waals surface area contributed by atoms with E-state index in [2.05, 4.69) is 4.98 Å². The van der Waals surface area contributed by atoms with Gasteiger partial charge in [0.15, 0.2) is 5.78 Å². The van der Waals surface area contributed by atoms with E-state index in [1.165, 1.54) is 0 Å². The van der Waals surface area contributed by atoms with Gasteiger partial charge in [0.2, 0.25) is 0 Å². The predicted octanol–water partition coefficient (Wildman–Crippen LogP) is 4.12. The molecule has 1 heterocycles. The molecule has 0 amide bonds. The van der Waals surface area contributed by atoms with Crippen LogP contribution in [0.4, 0.5) is 0 Å². The average Bonchev–Trinajstić information content (AvgIpc) is 2.32. The van der Waals surface area contributed by atoms with Crippen LogP contribution < -0.4 is 0 Å². The molecular weight excluding hydrogens is 269 g/mol. The summed E-state index contributed by atoms with van der Waals surface area (Å²) in [6.45, 7) is 1.92. The molecule has 0 unspecified atom stereocenters. The summed E-state index contributed by atoms with van der Waals surface area (Å²) in [5.74, 6) is -0.118. The summed E-state index contributed by atoms with van der Waals surface area (Å²) in [7, 11) is 0. The molecule has 2 nitrogen and oxygen atoms in total. The van der Waals surface area contributed by atoms with Crippen molar-refractivity contribution in [3.63, 3.8) is 0 Å². The number of aryl methyl sites for hydroxylation is 1. The zero-order chi connectivity index (χ0) is 13.1. The second kappa shape index (κ2) is 5.51. The van der Waals surface area contributed by atoms with Crippen molar-refractivity contribution in [3.8, 4) is 0 Å². The highest BCUT2D eigenvalue weighted by molar-refractivity contribution is 6.39. The summed E-state index contributed by atoms with van der Waals surface area (Å²) >= 11 is 12.0. The lowest BCUT2D eigenvalue weighted by Gasteiger charge is -2.07. The first-order valence-electron chi connectivity index (χ1n) is 5.47. The summed E-state index contributed by atoms with van der Waals surface area (Å²) in [6.07, 6.45) is 1.87. The molecule has 0 fully saturated rings. The molecule has 0 aliphatic rings. The Kier molecular flexibility index (Phi) is 4.00. The minimum Gasteiger partial charge on any atom is -0.294 e. The molecule has 0 radical (unpaired) electrons. The first-order chi connectivity index (χ1) is 8.59. The molecule has 4 heteroatoms. The van der Waals surface area contributed by atoms with Crippen molar-refractivity contribution in [2.75, 3.05) is 0 Å². The largest absolute Gasteiger partial charge is 0.294 e. The fourth-order valence-electron chi connectivity index (χ4n) is 1.71. The molecule has 0 atom stereocenters. The third kappa shape index (κ3) is 2.71. The zero-order valence-corrected chi connectivity index (χ0v) is 11.3. The van der Waals surface area contributed by atoms with Gasteiger partial charge < -0.3 is 0 Å². The Morgan fingerprint density at radius 1 is 1.17 bits per heavy atom. The molecule has 92 valence electrons. The number of nitrogens with zero attached hydrogens (tertiary/aromatic N) is 1. The maximum atomic E-state index is 12.2. The first kappa shape index (κ1) is 13.1. The Balaban J connectivity index is 2.31. The number of hydrogen-bond acceptors (Lipinski definition) is 2. The molecule has 2 aromatic rings. The molecule has 0 N–H and O–H groups in total. The number of hydrogen-bond donors (Lipinski definition) is 0. The van der Waals surface area contributed by atoms with Crippen molar-refractivity contribution in [1.29, 1.82) is 0 Å². The first-order valence-corrected chi connectivity index (χ1v) is 6.23. The summed E-state index contributed by atoms with van der Waals surface area (Å²) in [6, 6.07) is 8.79. The topological polar surface area (TPSA) is 30.0 Å². The Hall–Kier alpha value is -1.38. The minimum absolute atomic E-state index is 0.118. The lowest BCUT2D eigenvalue weighted by atomic mass is 10.0. The summed E-state index contributed by atoms with van der Waals surface area (Å²) in [4.78, 5) is 16.4. The number of halogens is 2. The van der Waals surface area contributed by atoms with Gasteiger partial charge in [-0.15, -0.1) is 0 Å². The van der Waals surface area contributed by atoms with Crippen molar-refractivity contribution in [2.24, 2.45) is 0 Å². The number of ketones is 1. The molecule has 2 rings (SSSR count). The Labute approximate surface area is 116 Å². The number of aromatic nitrogens is 1. The summed E-state index contributed by atoms with van der Waals surface area (Å²) < 4.78 is 0. The van der Waals surface area contributed by atoms with E-state index in [1.54, 1.807) is 24.4 Å². The van der Waals surface area contributed by atoms with Crippen LogP contribution in [0.2, 0.25) is 10.0 Å². The van der Waals surface area contributed by atoms with Crippen LogP contribution in [0.3, 0.4) is 0 Å². The van der Waals surface area contributed by atoms with E-state index in [-0.39, 0.29) is 12.2 Å². The maximum Gasteiger partial charge on any atom is 0.171 e. The normalized spacial score (nSPS) is 10.4. The van der Waals surface area contributed by atoms with E-state index in [9.17, 15) is 4.79 Å². The van der Waals surface area contributed by atoms with Gasteiger partial charge in [-0.05, 0) is 30.7 Å². The predicted molar refractivity (Wildman–Crippen MR) is 73.5 cm³/mol. The van der Waals surface area contributed by atoms with Gasteiger partial charge in [-0.2, -0.15) is 0 Å². The van der Waals surface area contributed by atoms with E-state index in [0.717, 1.165) is 11.3 Å². The molecule has 18 heavy (non-hydrogen) atoms. The molecule has 0 bridgehead atoms. The van der Waals surface area contributed by atoms with Crippen LogP contribution >= 0.6 is 23.2 Å². The highest BCUT2D eigenvalue weighted by Crippen LogP contribution is 2.25. The second-order valence-electron chi connectivity index (χ2n) is 3.96. The van der Waals surface area contributed by atoms with Gasteiger partial charge in [0, 0.05) is 6.20 Å². The highest BCUT2D eigenvalue weighted by Gasteiger charge is 2.16. The fourth-order valence-corrected chi connectivity index (χ4v) is 2.32. The fraction of sp³-hybridized carbons (Fsp3) is 0.143. The molecular formula is C14H11Cl2NO. The van der Waals surface area contributed by atoms with E-state index in [1.807, 2.05) is 19.1 Å². The van der Waals surface area contributed by atoms with Crippen molar-refractivity contribution < 1.29 is 4.79 Å². The van der Waals surface area contributed by atoms with Crippen molar-refractivity contribution >= 4 is 29.0 Å². The third-order valence-corrected chi connectivity index (χ3v) is 3.32. The third-order valence-electron chi connectivity index (χ3n) is 2.69. The van der Waals surface area contributed by atoms with Crippen LogP contribution in [0.15, 0.2) is 36.5 Å². The Morgan fingerprint density at radius 2 is 1.83 bits per heavy atom. The highest BCUT2D eigenvalue weighted by atomic mass is 35.5. The van der Waals surface area contributed by atoms with Crippen LogP contribution in [-0.4, -0.2) is 10.8 Å². The molecule has 1 aromatic carbocycles. The Morgan fingerprint density at radius 3 is 2.44 bits per heavy atom. The molecule has 0 aliphatic carbocycles. The zero-order valence-electron chi connectivity index (χ0n) is 9.78. The van der Waals surface area contributed by atoms with Crippen LogP contribution in [0.25, 0.3) is 0 Å². The standard InChI is InChI=1S/C14H11Cl2NO/c1-9-4-3-7-17-12(9)8-13(18)14-10(15)5-2-6-11(14)16/h2-7H,8H2,1H3. The van der Waals surface area contributed by atoms with Gasteiger partial charge in [-0.3, -0.25) is 9.78 Å². The van der Waals surface area contributed by atoms with Crippen LogP contribution in [-0.2, 0) is 6.42 Å². The monoisotopic (exact) mass is 279 g/mol. The quantitative estimate of drug-likeness (QED) is 0.791. The smallest absolute Gasteiger partial charge is 0.171 e. The van der Waals surface area contributed by atoms with Crippen molar-refractivity contribution in [3.05, 3.63) is 63.4 Å². The molecule has 0 saturated carbocycles. The van der Waals surface area contributed by atoms with E-state index in [0.29, 0.717) is 15.6 Å². The van der Waals surface area contributed by atoms with E-state index < -0.39 is 0 Å². The lowest BCUT2D eigenvalue weighted by Crippen LogP contribution is -2.07. The van der Waals surface area contributed by atoms with Crippen molar-refractivity contribution in [1.82, 2.24) is 4.98 Å². The molecule has 1 aromatic heterocycles. The van der Waals surface area contributed by atoms with Gasteiger partial charge in [0.1, 0.15) is 0 Å². The minimum atomic E-state index is -0.118. The van der Waals surface area contributed by atoms with Crippen LogP contribution in [0, 0.1) is 6.92 Å². The molecule has 0 spiro atoms. The van der Waals surface area contributed by atoms with Gasteiger partial charge in [-0.1, -0.05) is 35.3 Å². The number of rotatable bonds is 3. The Bertz CT molecular complexity index is 576. The van der Waals surface area contributed by atoms with E-state index >= 15 is 0 Å².